The first-order valence-electron chi connectivity index (χ1n) is 6.94. The van der Waals surface area contributed by atoms with Crippen molar-refractivity contribution >= 4 is 23.3 Å². The standard InChI is InChI=1S/C17H17N3O3/c1-3-8-19-13-9-12(10-18-11-13)16(21)20-15-7-5-4-6-14(15)17(22)23-2/h3-7,9-11,19H,1,8H2,2H3,(H,20,21). The predicted molar refractivity (Wildman–Crippen MR) is 88.7 cm³/mol. The molecule has 23 heavy (non-hydrogen) atoms. The minimum atomic E-state index is -0.513. The van der Waals surface area contributed by atoms with Gasteiger partial charge in [-0.15, -0.1) is 6.58 Å². The molecule has 0 atom stereocenters. The van der Waals surface area contributed by atoms with Gasteiger partial charge in [0.15, 0.2) is 0 Å². The molecule has 0 spiro atoms. The number of ether oxygens (including phenoxy) is 1. The SMILES string of the molecule is C=CCNc1cncc(C(=O)Nc2ccccc2C(=O)OC)c1. The van der Waals surface area contributed by atoms with E-state index in [2.05, 4.69) is 22.2 Å². The van der Waals surface area contributed by atoms with Crippen LogP contribution >= 0.6 is 0 Å². The van der Waals surface area contributed by atoms with Gasteiger partial charge in [0.25, 0.3) is 5.91 Å². The van der Waals surface area contributed by atoms with Crippen LogP contribution in [-0.4, -0.2) is 30.5 Å². The van der Waals surface area contributed by atoms with Gasteiger partial charge in [0.2, 0.25) is 0 Å². The van der Waals surface area contributed by atoms with Crippen LogP contribution in [-0.2, 0) is 4.74 Å². The predicted octanol–water partition coefficient (Wildman–Crippen LogP) is 2.72. The van der Waals surface area contributed by atoms with Crippen molar-refractivity contribution in [2.45, 2.75) is 0 Å². The van der Waals surface area contributed by atoms with Crippen molar-refractivity contribution in [3.8, 4) is 0 Å². The second-order valence-corrected chi connectivity index (χ2v) is 4.62. The lowest BCUT2D eigenvalue weighted by Gasteiger charge is -2.10. The maximum Gasteiger partial charge on any atom is 0.339 e. The topological polar surface area (TPSA) is 80.3 Å². The number of aromatic nitrogens is 1. The van der Waals surface area contributed by atoms with Gasteiger partial charge < -0.3 is 15.4 Å². The maximum absolute atomic E-state index is 12.4. The zero-order valence-corrected chi connectivity index (χ0v) is 12.7. The lowest BCUT2D eigenvalue weighted by molar-refractivity contribution is 0.0602. The normalized spacial score (nSPS) is 9.78. The van der Waals surface area contributed by atoms with Crippen LogP contribution in [0.2, 0.25) is 0 Å². The van der Waals surface area contributed by atoms with Crippen LogP contribution in [0.15, 0.2) is 55.4 Å². The number of hydrogen-bond donors (Lipinski definition) is 2. The first-order chi connectivity index (χ1) is 11.2. The largest absolute Gasteiger partial charge is 0.465 e. The lowest BCUT2D eigenvalue weighted by atomic mass is 10.1. The van der Waals surface area contributed by atoms with Gasteiger partial charge in [0.05, 0.1) is 29.6 Å². The number of amides is 1. The van der Waals surface area contributed by atoms with E-state index < -0.39 is 5.97 Å². The lowest BCUT2D eigenvalue weighted by Crippen LogP contribution is -2.16. The average Bonchev–Trinajstić information content (AvgIpc) is 2.60. The average molecular weight is 311 g/mol. The van der Waals surface area contributed by atoms with E-state index in [-0.39, 0.29) is 11.5 Å². The number of nitrogens with zero attached hydrogens (tertiary/aromatic N) is 1. The molecule has 1 aromatic carbocycles. The molecule has 118 valence electrons. The van der Waals surface area contributed by atoms with Gasteiger partial charge in [-0.05, 0) is 18.2 Å². The highest BCUT2D eigenvalue weighted by molar-refractivity contribution is 6.08. The van der Waals surface area contributed by atoms with Crippen molar-refractivity contribution < 1.29 is 14.3 Å². The zero-order valence-electron chi connectivity index (χ0n) is 12.7. The molecule has 0 saturated heterocycles. The first-order valence-corrected chi connectivity index (χ1v) is 6.94. The molecule has 6 heteroatoms. The molecule has 0 radical (unpaired) electrons. The van der Waals surface area contributed by atoms with Gasteiger partial charge in [-0.1, -0.05) is 18.2 Å². The molecule has 1 heterocycles. The minimum absolute atomic E-state index is 0.289. The van der Waals surface area contributed by atoms with E-state index >= 15 is 0 Å². The van der Waals surface area contributed by atoms with Gasteiger partial charge in [-0.25, -0.2) is 4.79 Å². The number of hydrogen-bond acceptors (Lipinski definition) is 5. The quantitative estimate of drug-likeness (QED) is 0.633. The Hall–Kier alpha value is -3.15. The molecule has 0 fully saturated rings. The fourth-order valence-corrected chi connectivity index (χ4v) is 1.93. The first kappa shape index (κ1) is 16.2. The van der Waals surface area contributed by atoms with Crippen molar-refractivity contribution in [1.82, 2.24) is 4.98 Å². The van der Waals surface area contributed by atoms with Crippen LogP contribution in [0.4, 0.5) is 11.4 Å². The number of carbonyl (C=O) groups is 2. The Morgan fingerprint density at radius 3 is 2.83 bits per heavy atom. The van der Waals surface area contributed by atoms with Crippen LogP contribution in [0.3, 0.4) is 0 Å². The molecule has 0 aliphatic heterocycles. The van der Waals surface area contributed by atoms with Crippen molar-refractivity contribution in [3.05, 3.63) is 66.5 Å². The summed E-state index contributed by atoms with van der Waals surface area (Å²) in [6.07, 6.45) is 4.78. The summed E-state index contributed by atoms with van der Waals surface area (Å²) in [4.78, 5) is 28.1. The summed E-state index contributed by atoms with van der Waals surface area (Å²) >= 11 is 0. The fourth-order valence-electron chi connectivity index (χ4n) is 1.93. The number of rotatable bonds is 6. The summed E-state index contributed by atoms with van der Waals surface area (Å²) in [5.74, 6) is -0.878. The number of anilines is 2. The van der Waals surface area contributed by atoms with Crippen molar-refractivity contribution in [2.75, 3.05) is 24.3 Å². The maximum atomic E-state index is 12.4. The Labute approximate surface area is 134 Å². The summed E-state index contributed by atoms with van der Waals surface area (Å²) in [7, 11) is 1.29. The number of nitrogens with one attached hydrogen (secondary N) is 2. The number of pyridine rings is 1. The molecule has 6 nitrogen and oxygen atoms in total. The molecule has 0 aliphatic rings. The van der Waals surface area contributed by atoms with Crippen LogP contribution < -0.4 is 10.6 Å². The molecule has 2 aromatic rings. The monoisotopic (exact) mass is 311 g/mol. The highest BCUT2D eigenvalue weighted by Crippen LogP contribution is 2.18. The van der Waals surface area contributed by atoms with Crippen LogP contribution in [0.5, 0.6) is 0 Å². The molecule has 0 saturated carbocycles. The molecule has 1 amide bonds. The van der Waals surface area contributed by atoms with Gasteiger partial charge in [0.1, 0.15) is 0 Å². The van der Waals surface area contributed by atoms with E-state index in [0.717, 1.165) is 0 Å². The van der Waals surface area contributed by atoms with Crippen molar-refractivity contribution in [1.29, 1.82) is 0 Å². The number of esters is 1. The van der Waals surface area contributed by atoms with Gasteiger partial charge in [-0.3, -0.25) is 9.78 Å². The third-order valence-electron chi connectivity index (χ3n) is 3.03. The third-order valence-corrected chi connectivity index (χ3v) is 3.03. The number of benzene rings is 1. The molecule has 1 aromatic heterocycles. The highest BCUT2D eigenvalue weighted by atomic mass is 16.5. The Morgan fingerprint density at radius 2 is 2.09 bits per heavy atom. The Morgan fingerprint density at radius 1 is 1.30 bits per heavy atom. The second kappa shape index (κ2) is 7.74. The Bertz CT molecular complexity index is 729. The number of para-hydroxylation sites is 1. The molecule has 2 N–H and O–H groups in total. The molecular weight excluding hydrogens is 294 g/mol. The van der Waals surface area contributed by atoms with Gasteiger partial charge in [-0.2, -0.15) is 0 Å². The van der Waals surface area contributed by atoms with Crippen LogP contribution in [0, 0.1) is 0 Å². The molecule has 2 rings (SSSR count). The number of methoxy groups -OCH3 is 1. The summed E-state index contributed by atoms with van der Waals surface area (Å²) in [5.41, 5.74) is 1.75. The summed E-state index contributed by atoms with van der Waals surface area (Å²) in [5, 5.41) is 5.76. The van der Waals surface area contributed by atoms with Crippen LogP contribution in [0.1, 0.15) is 20.7 Å². The van der Waals surface area contributed by atoms with Gasteiger partial charge >= 0.3 is 5.97 Å². The summed E-state index contributed by atoms with van der Waals surface area (Å²) in [6, 6.07) is 8.32. The van der Waals surface area contributed by atoms with Crippen LogP contribution in [0.25, 0.3) is 0 Å². The van der Waals surface area contributed by atoms with Crippen molar-refractivity contribution in [3.63, 3.8) is 0 Å². The third kappa shape index (κ3) is 4.16. The highest BCUT2D eigenvalue weighted by Gasteiger charge is 2.14. The summed E-state index contributed by atoms with van der Waals surface area (Å²) < 4.78 is 4.71. The van der Waals surface area contributed by atoms with E-state index in [9.17, 15) is 9.59 Å². The Kier molecular flexibility index (Phi) is 5.46. The molecule has 0 aliphatic carbocycles. The van der Waals surface area contributed by atoms with E-state index in [1.54, 1.807) is 42.6 Å². The minimum Gasteiger partial charge on any atom is -0.465 e. The fraction of sp³-hybridized carbons (Fsp3) is 0.118. The molecule has 0 bridgehead atoms. The van der Waals surface area contributed by atoms with E-state index in [1.165, 1.54) is 13.3 Å². The zero-order chi connectivity index (χ0) is 16.7. The van der Waals surface area contributed by atoms with E-state index in [0.29, 0.717) is 23.5 Å². The van der Waals surface area contributed by atoms with E-state index in [1.807, 2.05) is 0 Å². The van der Waals surface area contributed by atoms with Crippen molar-refractivity contribution in [2.24, 2.45) is 0 Å². The van der Waals surface area contributed by atoms with Gasteiger partial charge in [0, 0.05) is 18.9 Å². The second-order valence-electron chi connectivity index (χ2n) is 4.62. The Balaban J connectivity index is 2.19. The molecule has 0 unspecified atom stereocenters. The smallest absolute Gasteiger partial charge is 0.339 e. The molecular formula is C17H17N3O3. The number of carbonyl (C=O) groups excluding carboxylic acids is 2. The van der Waals surface area contributed by atoms with E-state index in [4.69, 9.17) is 4.74 Å². The summed E-state index contributed by atoms with van der Waals surface area (Å²) in [6.45, 7) is 4.18.